The molecule has 0 fully saturated rings. The summed E-state index contributed by atoms with van der Waals surface area (Å²) in [6.07, 6.45) is 2.00. The van der Waals surface area contributed by atoms with Crippen molar-refractivity contribution in [1.29, 1.82) is 0 Å². The van der Waals surface area contributed by atoms with E-state index in [2.05, 4.69) is 5.32 Å². The van der Waals surface area contributed by atoms with Crippen LogP contribution in [0, 0.1) is 0 Å². The largest absolute Gasteiger partial charge is 0.332 e. The SMILES string of the molecule is CSc1ccccc1NC(=O)C[NH+](C)C. The molecule has 15 heavy (non-hydrogen) atoms. The fourth-order valence-corrected chi connectivity index (χ4v) is 1.82. The van der Waals surface area contributed by atoms with Crippen LogP contribution in [0.1, 0.15) is 0 Å². The zero-order valence-electron chi connectivity index (χ0n) is 9.33. The first kappa shape index (κ1) is 12.1. The van der Waals surface area contributed by atoms with Gasteiger partial charge in [0.15, 0.2) is 6.54 Å². The number of carbonyl (C=O) groups excluding carboxylic acids is 1. The first-order valence-corrected chi connectivity index (χ1v) is 6.08. The number of benzene rings is 1. The molecule has 0 unspecified atom stereocenters. The third-order valence-electron chi connectivity index (χ3n) is 1.90. The van der Waals surface area contributed by atoms with E-state index < -0.39 is 0 Å². The Hall–Kier alpha value is -1.00. The Morgan fingerprint density at radius 2 is 2.07 bits per heavy atom. The number of thioether (sulfide) groups is 1. The molecule has 1 rings (SSSR count). The van der Waals surface area contributed by atoms with Crippen LogP contribution >= 0.6 is 11.8 Å². The molecule has 2 N–H and O–H groups in total. The van der Waals surface area contributed by atoms with Crippen molar-refractivity contribution >= 4 is 23.4 Å². The standard InChI is InChI=1S/C11H16N2OS/c1-13(2)8-11(14)12-9-6-4-5-7-10(9)15-3/h4-7H,8H2,1-3H3,(H,12,14)/p+1. The minimum absolute atomic E-state index is 0.0523. The summed E-state index contributed by atoms with van der Waals surface area (Å²) in [5, 5.41) is 2.91. The molecular weight excluding hydrogens is 208 g/mol. The van der Waals surface area contributed by atoms with E-state index >= 15 is 0 Å². The number of quaternary nitrogens is 1. The molecule has 4 heteroatoms. The summed E-state index contributed by atoms with van der Waals surface area (Å²) in [6, 6.07) is 7.83. The summed E-state index contributed by atoms with van der Waals surface area (Å²) in [4.78, 5) is 13.8. The van der Waals surface area contributed by atoms with Crippen LogP contribution in [0.25, 0.3) is 0 Å². The Morgan fingerprint density at radius 3 is 2.67 bits per heavy atom. The molecule has 0 bridgehead atoms. The highest BCUT2D eigenvalue weighted by Gasteiger charge is 2.08. The fraction of sp³-hybridized carbons (Fsp3) is 0.364. The highest BCUT2D eigenvalue weighted by molar-refractivity contribution is 7.98. The van der Waals surface area contributed by atoms with Crippen molar-refractivity contribution < 1.29 is 9.69 Å². The summed E-state index contributed by atoms with van der Waals surface area (Å²) in [7, 11) is 3.92. The van der Waals surface area contributed by atoms with E-state index in [1.165, 1.54) is 0 Å². The van der Waals surface area contributed by atoms with Crippen molar-refractivity contribution in [1.82, 2.24) is 0 Å². The van der Waals surface area contributed by atoms with E-state index in [1.807, 2.05) is 44.6 Å². The van der Waals surface area contributed by atoms with E-state index in [-0.39, 0.29) is 5.91 Å². The number of hydrogen-bond acceptors (Lipinski definition) is 2. The zero-order valence-corrected chi connectivity index (χ0v) is 10.1. The molecule has 1 aromatic carbocycles. The number of amides is 1. The Bertz CT molecular complexity index is 339. The van der Waals surface area contributed by atoms with E-state index in [4.69, 9.17) is 0 Å². The lowest BCUT2D eigenvalue weighted by molar-refractivity contribution is -0.849. The molecule has 0 aliphatic rings. The molecular formula is C11H17N2OS+. The van der Waals surface area contributed by atoms with Crippen molar-refractivity contribution in [3.8, 4) is 0 Å². The van der Waals surface area contributed by atoms with Gasteiger partial charge in [0.05, 0.1) is 19.8 Å². The van der Waals surface area contributed by atoms with Crippen LogP contribution in [0.3, 0.4) is 0 Å². The van der Waals surface area contributed by atoms with Crippen LogP contribution < -0.4 is 10.2 Å². The van der Waals surface area contributed by atoms with Gasteiger partial charge in [0, 0.05) is 4.90 Å². The Morgan fingerprint density at radius 1 is 1.40 bits per heavy atom. The number of carbonyl (C=O) groups is 1. The lowest BCUT2D eigenvalue weighted by atomic mass is 10.3. The van der Waals surface area contributed by atoms with Crippen LogP contribution in [-0.2, 0) is 4.79 Å². The molecule has 3 nitrogen and oxygen atoms in total. The van der Waals surface area contributed by atoms with Gasteiger partial charge in [0.1, 0.15) is 0 Å². The summed E-state index contributed by atoms with van der Waals surface area (Å²) < 4.78 is 0. The lowest BCUT2D eigenvalue weighted by Crippen LogP contribution is -3.06. The van der Waals surface area contributed by atoms with Gasteiger partial charge in [-0.05, 0) is 18.4 Å². The molecule has 0 spiro atoms. The average molecular weight is 225 g/mol. The number of nitrogens with one attached hydrogen (secondary N) is 2. The molecule has 0 saturated heterocycles. The van der Waals surface area contributed by atoms with Crippen molar-refractivity contribution in [2.24, 2.45) is 0 Å². The molecule has 82 valence electrons. The number of para-hydroxylation sites is 1. The van der Waals surface area contributed by atoms with Crippen LogP contribution in [0.4, 0.5) is 5.69 Å². The summed E-state index contributed by atoms with van der Waals surface area (Å²) in [6.45, 7) is 0.489. The van der Waals surface area contributed by atoms with Gasteiger partial charge in [-0.15, -0.1) is 11.8 Å². The molecule has 0 aliphatic heterocycles. The number of rotatable bonds is 4. The highest BCUT2D eigenvalue weighted by Crippen LogP contribution is 2.24. The minimum Gasteiger partial charge on any atom is -0.332 e. The van der Waals surface area contributed by atoms with Gasteiger partial charge >= 0.3 is 0 Å². The van der Waals surface area contributed by atoms with E-state index in [0.29, 0.717) is 6.54 Å². The van der Waals surface area contributed by atoms with E-state index in [9.17, 15) is 4.79 Å². The molecule has 1 aromatic rings. The smallest absolute Gasteiger partial charge is 0.279 e. The van der Waals surface area contributed by atoms with Crippen LogP contribution in [0.5, 0.6) is 0 Å². The van der Waals surface area contributed by atoms with Gasteiger partial charge in [-0.3, -0.25) is 4.79 Å². The van der Waals surface area contributed by atoms with Crippen LogP contribution in [-0.4, -0.2) is 32.8 Å². The molecule has 0 aromatic heterocycles. The van der Waals surface area contributed by atoms with Crippen molar-refractivity contribution in [2.75, 3.05) is 32.2 Å². The van der Waals surface area contributed by atoms with Gasteiger partial charge in [0.2, 0.25) is 0 Å². The Kier molecular flexibility index (Phi) is 4.65. The highest BCUT2D eigenvalue weighted by atomic mass is 32.2. The monoisotopic (exact) mass is 225 g/mol. The van der Waals surface area contributed by atoms with Gasteiger partial charge in [-0.1, -0.05) is 12.1 Å². The molecule has 0 radical (unpaired) electrons. The first-order valence-electron chi connectivity index (χ1n) is 4.85. The van der Waals surface area contributed by atoms with Crippen molar-refractivity contribution in [3.63, 3.8) is 0 Å². The third kappa shape index (κ3) is 3.93. The Balaban J connectivity index is 2.67. The predicted octanol–water partition coefficient (Wildman–Crippen LogP) is 0.491. The van der Waals surface area contributed by atoms with Gasteiger partial charge in [-0.2, -0.15) is 0 Å². The molecule has 0 heterocycles. The van der Waals surface area contributed by atoms with E-state index in [1.54, 1.807) is 11.8 Å². The molecule has 1 amide bonds. The first-order chi connectivity index (χ1) is 7.13. The fourth-order valence-electron chi connectivity index (χ4n) is 1.26. The minimum atomic E-state index is 0.0523. The van der Waals surface area contributed by atoms with Crippen molar-refractivity contribution in [2.45, 2.75) is 4.90 Å². The lowest BCUT2D eigenvalue weighted by Gasteiger charge is -2.10. The zero-order chi connectivity index (χ0) is 11.3. The molecule has 0 atom stereocenters. The number of likely N-dealkylation sites (N-methyl/N-ethyl adjacent to an activating group) is 1. The quantitative estimate of drug-likeness (QED) is 0.731. The molecule has 0 saturated carbocycles. The maximum absolute atomic E-state index is 11.5. The second kappa shape index (κ2) is 5.78. The number of hydrogen-bond donors (Lipinski definition) is 2. The van der Waals surface area contributed by atoms with Crippen molar-refractivity contribution in [3.05, 3.63) is 24.3 Å². The summed E-state index contributed by atoms with van der Waals surface area (Å²) in [5.74, 6) is 0.0523. The van der Waals surface area contributed by atoms with Crippen LogP contribution in [0.2, 0.25) is 0 Å². The Labute approximate surface area is 94.9 Å². The predicted molar refractivity (Wildman–Crippen MR) is 64.5 cm³/mol. The van der Waals surface area contributed by atoms with Gasteiger partial charge in [0.25, 0.3) is 5.91 Å². The van der Waals surface area contributed by atoms with Crippen LogP contribution in [0.15, 0.2) is 29.2 Å². The maximum Gasteiger partial charge on any atom is 0.279 e. The molecule has 0 aliphatic carbocycles. The van der Waals surface area contributed by atoms with Gasteiger partial charge < -0.3 is 10.2 Å². The average Bonchev–Trinajstić information content (AvgIpc) is 2.17. The third-order valence-corrected chi connectivity index (χ3v) is 2.69. The van der Waals surface area contributed by atoms with E-state index in [0.717, 1.165) is 15.5 Å². The summed E-state index contributed by atoms with van der Waals surface area (Å²) >= 11 is 1.63. The van der Waals surface area contributed by atoms with Gasteiger partial charge in [-0.25, -0.2) is 0 Å². The topological polar surface area (TPSA) is 33.5 Å². The second-order valence-electron chi connectivity index (χ2n) is 3.63. The second-order valence-corrected chi connectivity index (χ2v) is 4.48. The normalized spacial score (nSPS) is 10.4. The summed E-state index contributed by atoms with van der Waals surface area (Å²) in [5.41, 5.74) is 0.899. The maximum atomic E-state index is 11.5. The number of anilines is 1.